The molecular weight excluding hydrogens is 374 g/mol. The lowest BCUT2D eigenvalue weighted by Crippen LogP contribution is -1.95. The van der Waals surface area contributed by atoms with Gasteiger partial charge < -0.3 is 4.74 Å². The third-order valence-corrected chi connectivity index (χ3v) is 4.22. The fourth-order valence-corrected chi connectivity index (χ4v) is 2.68. The molecule has 0 bridgehead atoms. The summed E-state index contributed by atoms with van der Waals surface area (Å²) in [6.45, 7) is 0.520. The van der Waals surface area contributed by atoms with E-state index < -0.39 is 0 Å². The lowest BCUT2D eigenvalue weighted by atomic mass is 10.0. The first-order valence-corrected chi connectivity index (χ1v) is 8.68. The van der Waals surface area contributed by atoms with Crippen molar-refractivity contribution in [3.63, 3.8) is 0 Å². The molecule has 0 N–H and O–H groups in total. The Morgan fingerprint density at radius 2 is 1.72 bits per heavy atom. The van der Waals surface area contributed by atoms with Crippen molar-refractivity contribution in [1.82, 2.24) is 0 Å². The van der Waals surface area contributed by atoms with Gasteiger partial charge in [0.25, 0.3) is 0 Å². The van der Waals surface area contributed by atoms with E-state index in [2.05, 4.69) is 22.0 Å². The maximum Gasteiger partial charge on any atom is 0.120 e. The van der Waals surface area contributed by atoms with E-state index in [1.165, 1.54) is 0 Å². The Labute approximate surface area is 156 Å². The average Bonchev–Trinajstić information content (AvgIpc) is 2.66. The van der Waals surface area contributed by atoms with Crippen LogP contribution in [0.5, 0.6) is 5.75 Å². The Morgan fingerprint density at radius 3 is 2.44 bits per heavy atom. The third-order valence-electron chi connectivity index (χ3n) is 3.69. The standard InChI is InChI=1S/C22H16BrNO/c23-21-11-9-19(10-12-21)20(15-24)13-18-7-4-8-22(14-18)25-16-17-5-2-1-3-6-17/h1-14H,16H2/b20-13-. The van der Waals surface area contributed by atoms with Crippen LogP contribution in [0.2, 0.25) is 0 Å². The molecule has 0 aliphatic carbocycles. The maximum absolute atomic E-state index is 9.47. The molecule has 122 valence electrons. The van der Waals surface area contributed by atoms with E-state index in [-0.39, 0.29) is 0 Å². The largest absolute Gasteiger partial charge is 0.489 e. The van der Waals surface area contributed by atoms with Gasteiger partial charge >= 0.3 is 0 Å². The quantitative estimate of drug-likeness (QED) is 0.390. The molecular formula is C22H16BrNO. The second kappa shape index (κ2) is 8.32. The van der Waals surface area contributed by atoms with Crippen molar-refractivity contribution in [2.75, 3.05) is 0 Å². The second-order valence-electron chi connectivity index (χ2n) is 5.52. The fourth-order valence-electron chi connectivity index (χ4n) is 2.41. The van der Waals surface area contributed by atoms with Gasteiger partial charge in [0.15, 0.2) is 0 Å². The minimum absolute atomic E-state index is 0.520. The zero-order chi connectivity index (χ0) is 17.5. The number of rotatable bonds is 5. The first-order valence-electron chi connectivity index (χ1n) is 7.89. The highest BCUT2D eigenvalue weighted by Crippen LogP contribution is 2.22. The molecule has 0 unspecified atom stereocenters. The molecule has 0 spiro atoms. The summed E-state index contributed by atoms with van der Waals surface area (Å²) in [6.07, 6.45) is 1.87. The predicted octanol–water partition coefficient (Wildman–Crippen LogP) is 6.09. The molecule has 0 atom stereocenters. The molecule has 25 heavy (non-hydrogen) atoms. The van der Waals surface area contributed by atoms with Crippen molar-refractivity contribution in [2.45, 2.75) is 6.61 Å². The summed E-state index contributed by atoms with van der Waals surface area (Å²) in [5, 5.41) is 9.47. The lowest BCUT2D eigenvalue weighted by molar-refractivity contribution is 0.306. The molecule has 0 amide bonds. The first-order chi connectivity index (χ1) is 12.2. The van der Waals surface area contributed by atoms with E-state index in [0.717, 1.165) is 26.9 Å². The van der Waals surface area contributed by atoms with Gasteiger partial charge in [-0.25, -0.2) is 0 Å². The molecule has 0 aromatic heterocycles. The predicted molar refractivity (Wildman–Crippen MR) is 105 cm³/mol. The summed E-state index contributed by atoms with van der Waals surface area (Å²) < 4.78 is 6.84. The summed E-state index contributed by atoms with van der Waals surface area (Å²) >= 11 is 3.41. The monoisotopic (exact) mass is 389 g/mol. The minimum Gasteiger partial charge on any atom is -0.489 e. The van der Waals surface area contributed by atoms with Crippen molar-refractivity contribution in [3.05, 3.63) is 100 Å². The number of benzene rings is 3. The fraction of sp³-hybridized carbons (Fsp3) is 0.0455. The van der Waals surface area contributed by atoms with Crippen LogP contribution in [0.15, 0.2) is 83.3 Å². The Balaban J connectivity index is 1.78. The number of hydrogen-bond acceptors (Lipinski definition) is 2. The van der Waals surface area contributed by atoms with Crippen LogP contribution in [0.3, 0.4) is 0 Å². The molecule has 0 aliphatic rings. The number of nitrogens with zero attached hydrogens (tertiary/aromatic N) is 1. The average molecular weight is 390 g/mol. The van der Waals surface area contributed by atoms with E-state index >= 15 is 0 Å². The molecule has 0 fully saturated rings. The topological polar surface area (TPSA) is 33.0 Å². The Morgan fingerprint density at radius 1 is 0.960 bits per heavy atom. The van der Waals surface area contributed by atoms with Crippen molar-refractivity contribution < 1.29 is 4.74 Å². The van der Waals surface area contributed by atoms with Crippen LogP contribution in [0, 0.1) is 11.3 Å². The van der Waals surface area contributed by atoms with Gasteiger partial charge in [0.05, 0.1) is 11.6 Å². The molecule has 3 rings (SSSR count). The van der Waals surface area contributed by atoms with Crippen molar-refractivity contribution in [1.29, 1.82) is 5.26 Å². The highest BCUT2D eigenvalue weighted by molar-refractivity contribution is 9.10. The van der Waals surface area contributed by atoms with Crippen LogP contribution in [-0.2, 0) is 6.61 Å². The van der Waals surface area contributed by atoms with Crippen LogP contribution < -0.4 is 4.74 Å². The minimum atomic E-state index is 0.520. The normalized spacial score (nSPS) is 11.0. The highest BCUT2D eigenvalue weighted by Gasteiger charge is 2.02. The maximum atomic E-state index is 9.47. The number of ether oxygens (including phenoxy) is 1. The van der Waals surface area contributed by atoms with Crippen LogP contribution in [0.4, 0.5) is 0 Å². The molecule has 0 aliphatic heterocycles. The summed E-state index contributed by atoms with van der Waals surface area (Å²) in [5.41, 5.74) is 3.56. The zero-order valence-electron chi connectivity index (χ0n) is 13.5. The summed E-state index contributed by atoms with van der Waals surface area (Å²) in [4.78, 5) is 0. The van der Waals surface area contributed by atoms with E-state index in [1.807, 2.05) is 84.9 Å². The highest BCUT2D eigenvalue weighted by atomic mass is 79.9. The van der Waals surface area contributed by atoms with Gasteiger partial charge in [-0.3, -0.25) is 0 Å². The first kappa shape index (κ1) is 17.0. The van der Waals surface area contributed by atoms with Crippen molar-refractivity contribution in [2.24, 2.45) is 0 Å². The second-order valence-corrected chi connectivity index (χ2v) is 6.44. The van der Waals surface area contributed by atoms with Crippen LogP contribution in [0.1, 0.15) is 16.7 Å². The molecule has 3 aromatic carbocycles. The van der Waals surface area contributed by atoms with Gasteiger partial charge in [0, 0.05) is 4.47 Å². The SMILES string of the molecule is N#C/C(=C/c1cccc(OCc2ccccc2)c1)c1ccc(Br)cc1. The third kappa shape index (κ3) is 4.82. The summed E-state index contributed by atoms with van der Waals surface area (Å²) in [6, 6.07) is 27.8. The van der Waals surface area contributed by atoms with Crippen molar-refractivity contribution >= 4 is 27.6 Å². The number of nitriles is 1. The zero-order valence-corrected chi connectivity index (χ0v) is 15.1. The van der Waals surface area contributed by atoms with Gasteiger partial charge in [-0.05, 0) is 47.0 Å². The molecule has 2 nitrogen and oxygen atoms in total. The smallest absolute Gasteiger partial charge is 0.120 e. The Hall–Kier alpha value is -2.83. The van der Waals surface area contributed by atoms with Crippen LogP contribution in [-0.4, -0.2) is 0 Å². The Kier molecular flexibility index (Phi) is 5.66. The molecule has 3 aromatic rings. The molecule has 3 heteroatoms. The van der Waals surface area contributed by atoms with Crippen LogP contribution >= 0.6 is 15.9 Å². The summed E-state index contributed by atoms with van der Waals surface area (Å²) in [7, 11) is 0. The Bertz CT molecular complexity index is 909. The van der Waals surface area contributed by atoms with E-state index in [1.54, 1.807) is 0 Å². The van der Waals surface area contributed by atoms with E-state index in [0.29, 0.717) is 12.2 Å². The van der Waals surface area contributed by atoms with Crippen molar-refractivity contribution in [3.8, 4) is 11.8 Å². The molecule has 0 radical (unpaired) electrons. The number of hydrogen-bond donors (Lipinski definition) is 0. The van der Waals surface area contributed by atoms with E-state index in [4.69, 9.17) is 4.74 Å². The van der Waals surface area contributed by atoms with E-state index in [9.17, 15) is 5.26 Å². The van der Waals surface area contributed by atoms with Gasteiger partial charge in [0.2, 0.25) is 0 Å². The lowest BCUT2D eigenvalue weighted by Gasteiger charge is -2.07. The van der Waals surface area contributed by atoms with Gasteiger partial charge in [-0.15, -0.1) is 0 Å². The van der Waals surface area contributed by atoms with Gasteiger partial charge in [-0.1, -0.05) is 70.5 Å². The number of allylic oxidation sites excluding steroid dienone is 1. The molecule has 0 saturated carbocycles. The van der Waals surface area contributed by atoms with Crippen LogP contribution in [0.25, 0.3) is 11.6 Å². The van der Waals surface area contributed by atoms with Gasteiger partial charge in [0.1, 0.15) is 12.4 Å². The molecule has 0 saturated heterocycles. The summed E-state index contributed by atoms with van der Waals surface area (Å²) in [5.74, 6) is 0.783. The number of halogens is 1. The molecule has 0 heterocycles. The van der Waals surface area contributed by atoms with Gasteiger partial charge in [-0.2, -0.15) is 5.26 Å².